The van der Waals surface area contributed by atoms with Gasteiger partial charge in [-0.15, -0.1) is 0 Å². The van der Waals surface area contributed by atoms with Crippen LogP contribution in [0.4, 0.5) is 11.5 Å². The summed E-state index contributed by atoms with van der Waals surface area (Å²) in [5, 5.41) is 9.11. The quantitative estimate of drug-likeness (QED) is 0.853. The van der Waals surface area contributed by atoms with Gasteiger partial charge in [0, 0.05) is 19.7 Å². The molecule has 0 radical (unpaired) electrons. The predicted octanol–water partition coefficient (Wildman–Crippen LogP) is 1.76. The van der Waals surface area contributed by atoms with Crippen molar-refractivity contribution in [2.45, 2.75) is 32.3 Å². The molecule has 2 rings (SSSR count). The number of nitrogen functional groups attached to an aromatic ring is 1. The first-order valence-electron chi connectivity index (χ1n) is 6.97. The summed E-state index contributed by atoms with van der Waals surface area (Å²) in [5.74, 6) is -0.372. The van der Waals surface area contributed by atoms with E-state index in [9.17, 15) is 4.79 Å². The number of piperidine rings is 1. The van der Waals surface area contributed by atoms with Crippen molar-refractivity contribution in [3.8, 4) is 0 Å². The molecule has 2 heterocycles. The number of carboxylic acid groups (broad SMARTS) is 1. The summed E-state index contributed by atoms with van der Waals surface area (Å²) in [4.78, 5) is 17.4. The molecule has 0 amide bonds. The molecule has 1 aliphatic heterocycles. The number of anilines is 2. The fraction of sp³-hybridized carbons (Fsp3) is 0.571. The monoisotopic (exact) mass is 279 g/mol. The van der Waals surface area contributed by atoms with Gasteiger partial charge in [0.2, 0.25) is 0 Å². The minimum atomic E-state index is -1.03. The van der Waals surface area contributed by atoms with Crippen LogP contribution in [0.5, 0.6) is 0 Å². The van der Waals surface area contributed by atoms with Crippen molar-refractivity contribution < 1.29 is 14.6 Å². The molecule has 1 aromatic heterocycles. The van der Waals surface area contributed by atoms with Gasteiger partial charge in [-0.1, -0.05) is 6.92 Å². The average molecular weight is 279 g/mol. The number of hydrogen-bond donors (Lipinski definition) is 2. The van der Waals surface area contributed by atoms with Gasteiger partial charge in [0.1, 0.15) is 5.82 Å². The first-order chi connectivity index (χ1) is 9.61. The Morgan fingerprint density at radius 3 is 3.15 bits per heavy atom. The molecule has 0 bridgehead atoms. The number of rotatable bonds is 5. The van der Waals surface area contributed by atoms with Gasteiger partial charge in [-0.2, -0.15) is 0 Å². The highest BCUT2D eigenvalue weighted by Crippen LogP contribution is 2.22. The predicted molar refractivity (Wildman–Crippen MR) is 77.1 cm³/mol. The third kappa shape index (κ3) is 3.39. The topological polar surface area (TPSA) is 88.7 Å². The Kier molecular flexibility index (Phi) is 4.79. The number of carbonyl (C=O) groups is 1. The molecule has 6 nitrogen and oxygen atoms in total. The maximum atomic E-state index is 11.1. The van der Waals surface area contributed by atoms with Crippen LogP contribution in [0.3, 0.4) is 0 Å². The minimum absolute atomic E-state index is 0.103. The van der Waals surface area contributed by atoms with E-state index in [1.807, 2.05) is 0 Å². The van der Waals surface area contributed by atoms with Gasteiger partial charge in [-0.05, 0) is 25.3 Å². The van der Waals surface area contributed by atoms with Gasteiger partial charge in [0.15, 0.2) is 0 Å². The van der Waals surface area contributed by atoms with Crippen LogP contribution in [0.25, 0.3) is 0 Å². The first-order valence-corrected chi connectivity index (χ1v) is 6.97. The number of aromatic nitrogens is 1. The van der Waals surface area contributed by atoms with Crippen LogP contribution in [0.15, 0.2) is 12.3 Å². The van der Waals surface area contributed by atoms with E-state index in [1.54, 1.807) is 6.07 Å². The summed E-state index contributed by atoms with van der Waals surface area (Å²) in [5.41, 5.74) is 5.92. The molecule has 1 aliphatic rings. The van der Waals surface area contributed by atoms with Crippen molar-refractivity contribution >= 4 is 17.5 Å². The highest BCUT2D eigenvalue weighted by Gasteiger charge is 2.22. The Hall–Kier alpha value is -1.82. The SMILES string of the molecule is CCCOC1CCCN(c2cc(C(=O)O)c(N)cn2)C1. The van der Waals surface area contributed by atoms with E-state index in [0.29, 0.717) is 5.82 Å². The van der Waals surface area contributed by atoms with Crippen LogP contribution in [0.1, 0.15) is 36.5 Å². The number of pyridine rings is 1. The fourth-order valence-corrected chi connectivity index (χ4v) is 2.38. The zero-order valence-corrected chi connectivity index (χ0v) is 11.7. The Morgan fingerprint density at radius 2 is 2.45 bits per heavy atom. The van der Waals surface area contributed by atoms with E-state index in [0.717, 1.165) is 39.0 Å². The molecule has 1 fully saturated rings. The van der Waals surface area contributed by atoms with E-state index < -0.39 is 5.97 Å². The normalized spacial score (nSPS) is 19.1. The second-order valence-electron chi connectivity index (χ2n) is 5.02. The lowest BCUT2D eigenvalue weighted by Crippen LogP contribution is -2.40. The largest absolute Gasteiger partial charge is 0.478 e. The summed E-state index contributed by atoms with van der Waals surface area (Å²) in [7, 11) is 0. The first kappa shape index (κ1) is 14.6. The van der Waals surface area contributed by atoms with Crippen molar-refractivity contribution in [1.29, 1.82) is 0 Å². The third-order valence-electron chi connectivity index (χ3n) is 3.41. The van der Waals surface area contributed by atoms with Gasteiger partial charge < -0.3 is 20.5 Å². The molecule has 0 saturated carbocycles. The molecular formula is C14H21N3O3. The molecule has 3 N–H and O–H groups in total. The fourth-order valence-electron chi connectivity index (χ4n) is 2.38. The Bertz CT molecular complexity index is 479. The van der Waals surface area contributed by atoms with Crippen molar-refractivity contribution in [2.24, 2.45) is 0 Å². The molecule has 1 aromatic rings. The van der Waals surface area contributed by atoms with Gasteiger partial charge >= 0.3 is 5.97 Å². The van der Waals surface area contributed by atoms with Crippen LogP contribution in [0, 0.1) is 0 Å². The Morgan fingerprint density at radius 1 is 1.65 bits per heavy atom. The molecule has 1 saturated heterocycles. The molecular weight excluding hydrogens is 258 g/mol. The second-order valence-corrected chi connectivity index (χ2v) is 5.02. The lowest BCUT2D eigenvalue weighted by atomic mass is 10.1. The van der Waals surface area contributed by atoms with Crippen LogP contribution in [-0.4, -0.2) is 41.9 Å². The molecule has 6 heteroatoms. The van der Waals surface area contributed by atoms with E-state index in [1.165, 1.54) is 6.20 Å². The van der Waals surface area contributed by atoms with Gasteiger partial charge in [-0.25, -0.2) is 9.78 Å². The zero-order chi connectivity index (χ0) is 14.5. The standard InChI is InChI=1S/C14H21N3O3/c1-2-6-20-10-4-3-5-17(9-10)13-7-11(14(18)19)12(15)8-16-13/h7-8,10H,2-6,9,15H2,1H3,(H,18,19). The molecule has 0 aromatic carbocycles. The minimum Gasteiger partial charge on any atom is -0.478 e. The lowest BCUT2D eigenvalue weighted by molar-refractivity contribution is 0.0439. The summed E-state index contributed by atoms with van der Waals surface area (Å²) < 4.78 is 5.77. The number of ether oxygens (including phenoxy) is 1. The van der Waals surface area contributed by atoms with Crippen LogP contribution < -0.4 is 10.6 Å². The van der Waals surface area contributed by atoms with Crippen molar-refractivity contribution in [2.75, 3.05) is 30.3 Å². The Labute approximate surface area is 118 Å². The highest BCUT2D eigenvalue weighted by molar-refractivity contribution is 5.94. The van der Waals surface area contributed by atoms with Crippen molar-refractivity contribution in [3.05, 3.63) is 17.8 Å². The summed E-state index contributed by atoms with van der Waals surface area (Å²) in [6, 6.07) is 1.54. The van der Waals surface area contributed by atoms with Crippen molar-refractivity contribution in [3.63, 3.8) is 0 Å². The molecule has 0 spiro atoms. The Balaban J connectivity index is 2.10. The number of nitrogens with zero attached hydrogens (tertiary/aromatic N) is 2. The third-order valence-corrected chi connectivity index (χ3v) is 3.41. The maximum Gasteiger partial charge on any atom is 0.337 e. The number of hydrogen-bond acceptors (Lipinski definition) is 5. The zero-order valence-electron chi connectivity index (χ0n) is 11.7. The highest BCUT2D eigenvalue weighted by atomic mass is 16.5. The summed E-state index contributed by atoms with van der Waals surface area (Å²) in [6.45, 7) is 4.45. The average Bonchev–Trinajstić information content (AvgIpc) is 2.45. The van der Waals surface area contributed by atoms with Gasteiger partial charge in [0.25, 0.3) is 0 Å². The van der Waals surface area contributed by atoms with Crippen LogP contribution in [-0.2, 0) is 4.74 Å². The van der Waals surface area contributed by atoms with Gasteiger partial charge in [0.05, 0.1) is 23.6 Å². The van der Waals surface area contributed by atoms with E-state index in [-0.39, 0.29) is 17.4 Å². The number of aromatic carboxylic acids is 1. The van der Waals surface area contributed by atoms with E-state index >= 15 is 0 Å². The van der Waals surface area contributed by atoms with Gasteiger partial charge in [-0.3, -0.25) is 0 Å². The maximum absolute atomic E-state index is 11.1. The molecule has 0 aliphatic carbocycles. The molecule has 110 valence electrons. The summed E-state index contributed by atoms with van der Waals surface area (Å²) >= 11 is 0. The number of nitrogens with two attached hydrogens (primary N) is 1. The lowest BCUT2D eigenvalue weighted by Gasteiger charge is -2.33. The summed E-state index contributed by atoms with van der Waals surface area (Å²) in [6.07, 6.45) is 4.66. The second kappa shape index (κ2) is 6.56. The van der Waals surface area contributed by atoms with Crippen LogP contribution in [0.2, 0.25) is 0 Å². The molecule has 1 unspecified atom stereocenters. The van der Waals surface area contributed by atoms with E-state index in [2.05, 4.69) is 16.8 Å². The van der Waals surface area contributed by atoms with Crippen molar-refractivity contribution in [1.82, 2.24) is 4.98 Å². The molecule has 20 heavy (non-hydrogen) atoms. The number of carboxylic acids is 1. The molecule has 1 atom stereocenters. The van der Waals surface area contributed by atoms with E-state index in [4.69, 9.17) is 15.6 Å². The smallest absolute Gasteiger partial charge is 0.337 e. The van der Waals surface area contributed by atoms with Crippen LogP contribution >= 0.6 is 0 Å².